The van der Waals surface area contributed by atoms with Gasteiger partial charge < -0.3 is 0 Å². The topological polar surface area (TPSA) is 43.4 Å². The van der Waals surface area contributed by atoms with Crippen molar-refractivity contribution in [3.8, 4) is 0 Å². The van der Waals surface area contributed by atoms with E-state index in [1.165, 1.54) is 24.3 Å². The molecule has 0 spiro atoms. The summed E-state index contributed by atoms with van der Waals surface area (Å²) in [6.07, 6.45) is -0.787. The number of hydrogen-bond donors (Lipinski definition) is 0. The van der Waals surface area contributed by atoms with E-state index in [1.54, 1.807) is 24.3 Å². The maximum absolute atomic E-state index is 13.5. The van der Waals surface area contributed by atoms with Crippen LogP contribution in [0.3, 0.4) is 0 Å². The van der Waals surface area contributed by atoms with E-state index < -0.39 is 27.5 Å². The number of halogens is 1. The molecule has 1 unspecified atom stereocenters. The van der Waals surface area contributed by atoms with Gasteiger partial charge in [0.1, 0.15) is 11.9 Å². The van der Waals surface area contributed by atoms with Crippen molar-refractivity contribution >= 4 is 10.1 Å². The van der Waals surface area contributed by atoms with Gasteiger partial charge in [0.15, 0.2) is 0 Å². The first-order valence-corrected chi connectivity index (χ1v) is 8.76. The molecule has 0 saturated carbocycles. The fourth-order valence-electron chi connectivity index (χ4n) is 2.26. The summed E-state index contributed by atoms with van der Waals surface area (Å²) in [5.74, 6) is -0.423. The fourth-order valence-corrected chi connectivity index (χ4v) is 3.49. The van der Waals surface area contributed by atoms with E-state index in [-0.39, 0.29) is 4.90 Å². The minimum atomic E-state index is -3.94. The van der Waals surface area contributed by atoms with E-state index in [9.17, 15) is 12.8 Å². The van der Waals surface area contributed by atoms with E-state index in [4.69, 9.17) is 4.18 Å². The number of benzene rings is 2. The molecule has 0 aliphatic carbocycles. The normalized spacial score (nSPS) is 13.8. The number of aryl methyl sites for hydroxylation is 1. The van der Waals surface area contributed by atoms with Crippen LogP contribution in [0.5, 0.6) is 0 Å². The van der Waals surface area contributed by atoms with Crippen LogP contribution < -0.4 is 0 Å². The van der Waals surface area contributed by atoms with Crippen molar-refractivity contribution in [3.63, 3.8) is 0 Å². The quantitative estimate of drug-likeness (QED) is 0.765. The lowest BCUT2D eigenvalue weighted by Gasteiger charge is -2.30. The molecular weight excluding hydrogens is 315 g/mol. The Morgan fingerprint density at radius 2 is 1.65 bits per heavy atom. The van der Waals surface area contributed by atoms with Crippen LogP contribution in [0.25, 0.3) is 0 Å². The molecule has 124 valence electrons. The Hall–Kier alpha value is -1.72. The molecule has 0 aliphatic rings. The Morgan fingerprint density at radius 3 is 2.17 bits per heavy atom. The molecule has 1 atom stereocenters. The van der Waals surface area contributed by atoms with Crippen molar-refractivity contribution < 1.29 is 17.0 Å². The van der Waals surface area contributed by atoms with E-state index >= 15 is 0 Å². The van der Waals surface area contributed by atoms with Crippen molar-refractivity contribution in [1.29, 1.82) is 0 Å². The summed E-state index contributed by atoms with van der Waals surface area (Å²) < 4.78 is 44.1. The second-order valence-corrected chi connectivity index (χ2v) is 8.24. The third-order valence-electron chi connectivity index (χ3n) is 3.47. The Morgan fingerprint density at radius 1 is 1.04 bits per heavy atom. The van der Waals surface area contributed by atoms with Crippen molar-refractivity contribution in [2.75, 3.05) is 0 Å². The minimum Gasteiger partial charge on any atom is -0.258 e. The van der Waals surface area contributed by atoms with Crippen LogP contribution in [0, 0.1) is 18.2 Å². The molecular formula is C18H21FO3S. The van der Waals surface area contributed by atoms with Crippen molar-refractivity contribution in [2.24, 2.45) is 5.41 Å². The zero-order valence-electron chi connectivity index (χ0n) is 13.7. The van der Waals surface area contributed by atoms with Gasteiger partial charge in [0.2, 0.25) is 0 Å². The molecule has 0 N–H and O–H groups in total. The summed E-state index contributed by atoms with van der Waals surface area (Å²) >= 11 is 0. The molecule has 0 amide bonds. The van der Waals surface area contributed by atoms with Crippen molar-refractivity contribution in [1.82, 2.24) is 0 Å². The minimum absolute atomic E-state index is 0.0914. The monoisotopic (exact) mass is 336 g/mol. The summed E-state index contributed by atoms with van der Waals surface area (Å²) in [5.41, 5.74) is 0.931. The van der Waals surface area contributed by atoms with Crippen LogP contribution in [0.15, 0.2) is 53.4 Å². The van der Waals surface area contributed by atoms with Gasteiger partial charge >= 0.3 is 0 Å². The molecule has 2 rings (SSSR count). The molecule has 0 fully saturated rings. The molecule has 0 aromatic heterocycles. The Bertz CT molecular complexity index is 775. The fraction of sp³-hybridized carbons (Fsp3) is 0.333. The molecule has 0 heterocycles. The highest BCUT2D eigenvalue weighted by Gasteiger charge is 2.33. The van der Waals surface area contributed by atoms with Crippen molar-refractivity contribution in [2.45, 2.75) is 38.7 Å². The lowest BCUT2D eigenvalue weighted by Crippen LogP contribution is -2.24. The van der Waals surface area contributed by atoms with Gasteiger partial charge in [-0.15, -0.1) is 0 Å². The molecule has 3 nitrogen and oxygen atoms in total. The molecule has 0 bridgehead atoms. The molecule has 2 aromatic carbocycles. The summed E-state index contributed by atoms with van der Waals surface area (Å²) in [5, 5.41) is 0. The largest absolute Gasteiger partial charge is 0.297 e. The first-order chi connectivity index (χ1) is 10.6. The van der Waals surface area contributed by atoms with Gasteiger partial charge in [-0.05, 0) is 42.2 Å². The maximum Gasteiger partial charge on any atom is 0.297 e. The van der Waals surface area contributed by atoms with E-state index in [2.05, 4.69) is 0 Å². The molecule has 2 aromatic rings. The predicted molar refractivity (Wildman–Crippen MR) is 88.0 cm³/mol. The van der Waals surface area contributed by atoms with Crippen LogP contribution >= 0.6 is 0 Å². The second kappa shape index (κ2) is 6.42. The molecule has 23 heavy (non-hydrogen) atoms. The zero-order chi connectivity index (χ0) is 17.3. The highest BCUT2D eigenvalue weighted by Crippen LogP contribution is 2.38. The van der Waals surface area contributed by atoms with Crippen LogP contribution in [0.2, 0.25) is 0 Å². The summed E-state index contributed by atoms with van der Waals surface area (Å²) in [7, 11) is -3.94. The zero-order valence-corrected chi connectivity index (χ0v) is 14.5. The molecule has 0 radical (unpaired) electrons. The standard InChI is InChI=1S/C18H21FO3S/c1-13-8-10-16(11-9-13)23(20,21)22-17(18(2,3)4)14-6-5-7-15(19)12-14/h5-12,17H,1-4H3. The van der Waals surface area contributed by atoms with Crippen LogP contribution in [-0.4, -0.2) is 8.42 Å². The second-order valence-electron chi connectivity index (χ2n) is 6.66. The van der Waals surface area contributed by atoms with Gasteiger partial charge in [0.05, 0.1) is 4.90 Å². The summed E-state index contributed by atoms with van der Waals surface area (Å²) in [6, 6.07) is 12.3. The molecule has 0 saturated heterocycles. The SMILES string of the molecule is Cc1ccc(S(=O)(=O)OC(c2cccc(F)c2)C(C)(C)C)cc1. The highest BCUT2D eigenvalue weighted by atomic mass is 32.2. The Labute approximate surface area is 137 Å². The first-order valence-electron chi connectivity index (χ1n) is 7.35. The number of rotatable bonds is 4. The van der Waals surface area contributed by atoms with Crippen LogP contribution in [-0.2, 0) is 14.3 Å². The maximum atomic E-state index is 13.5. The third kappa shape index (κ3) is 4.39. The van der Waals surface area contributed by atoms with Crippen molar-refractivity contribution in [3.05, 3.63) is 65.5 Å². The van der Waals surface area contributed by atoms with E-state index in [0.29, 0.717) is 5.56 Å². The van der Waals surface area contributed by atoms with Gasteiger partial charge in [0.25, 0.3) is 10.1 Å². The smallest absolute Gasteiger partial charge is 0.258 e. The van der Waals surface area contributed by atoms with Gasteiger partial charge in [-0.2, -0.15) is 8.42 Å². The third-order valence-corrected chi connectivity index (χ3v) is 4.77. The lowest BCUT2D eigenvalue weighted by molar-refractivity contribution is 0.0931. The van der Waals surface area contributed by atoms with Gasteiger partial charge in [-0.1, -0.05) is 50.6 Å². The molecule has 5 heteroatoms. The van der Waals surface area contributed by atoms with Crippen LogP contribution in [0.1, 0.15) is 38.0 Å². The Kier molecular flexibility index (Phi) is 4.92. The van der Waals surface area contributed by atoms with Gasteiger partial charge in [-0.3, -0.25) is 4.18 Å². The van der Waals surface area contributed by atoms with Crippen LogP contribution in [0.4, 0.5) is 4.39 Å². The average molecular weight is 336 g/mol. The van der Waals surface area contributed by atoms with Gasteiger partial charge in [0, 0.05) is 0 Å². The Balaban J connectivity index is 2.40. The van der Waals surface area contributed by atoms with E-state index in [0.717, 1.165) is 5.56 Å². The lowest BCUT2D eigenvalue weighted by atomic mass is 9.85. The summed E-state index contributed by atoms with van der Waals surface area (Å²) in [6.45, 7) is 7.44. The summed E-state index contributed by atoms with van der Waals surface area (Å²) in [4.78, 5) is 0.0914. The number of hydrogen-bond acceptors (Lipinski definition) is 3. The highest BCUT2D eigenvalue weighted by molar-refractivity contribution is 7.86. The average Bonchev–Trinajstić information content (AvgIpc) is 2.44. The van der Waals surface area contributed by atoms with Gasteiger partial charge in [-0.25, -0.2) is 4.39 Å². The first kappa shape index (κ1) is 17.6. The molecule has 0 aliphatic heterocycles. The predicted octanol–water partition coefficient (Wildman–Crippen LogP) is 4.63. The van der Waals surface area contributed by atoms with E-state index in [1.807, 2.05) is 27.7 Å².